The Hall–Kier alpha value is -6.51. The van der Waals surface area contributed by atoms with E-state index in [9.17, 15) is 4.39 Å². The number of hydrogen-bond acceptors (Lipinski definition) is 0. The lowest BCUT2D eigenvalue weighted by Gasteiger charge is -2.37. The normalized spacial score (nSPS) is 13.2. The summed E-state index contributed by atoms with van der Waals surface area (Å²) in [4.78, 5) is 0. The van der Waals surface area contributed by atoms with Crippen LogP contribution >= 0.6 is 0 Å². The summed E-state index contributed by atoms with van der Waals surface area (Å²) >= 11 is 0. The van der Waals surface area contributed by atoms with Gasteiger partial charge in [-0.15, -0.1) is 0 Å². The van der Waals surface area contributed by atoms with Crippen LogP contribution in [0.1, 0.15) is 47.2 Å². The van der Waals surface area contributed by atoms with Crippen molar-refractivity contribution < 1.29 is 4.39 Å². The van der Waals surface area contributed by atoms with Crippen LogP contribution in [0.15, 0.2) is 194 Å². The van der Waals surface area contributed by atoms with Crippen molar-refractivity contribution in [1.82, 2.24) is 4.57 Å². The molecule has 258 valence electrons. The summed E-state index contributed by atoms with van der Waals surface area (Å²) < 4.78 is 16.1. The number of para-hydroxylation sites is 1. The highest BCUT2D eigenvalue weighted by molar-refractivity contribution is 6.10. The summed E-state index contributed by atoms with van der Waals surface area (Å²) in [5, 5.41) is 2.36. The molecule has 0 radical (unpaired) electrons. The maximum Gasteiger partial charge on any atom is 0.123 e. The quantitative estimate of drug-likeness (QED) is 0.153. The van der Waals surface area contributed by atoms with Crippen LogP contribution < -0.4 is 0 Å². The summed E-state index contributed by atoms with van der Waals surface area (Å²) in [7, 11) is 0. The molecule has 0 fully saturated rings. The molecule has 0 N–H and O–H groups in total. The van der Waals surface area contributed by atoms with Crippen molar-refractivity contribution in [3.05, 3.63) is 233 Å². The molecule has 1 aliphatic rings. The average molecular weight is 696 g/mol. The van der Waals surface area contributed by atoms with Gasteiger partial charge in [0.2, 0.25) is 0 Å². The first-order valence-electron chi connectivity index (χ1n) is 18.7. The zero-order valence-corrected chi connectivity index (χ0v) is 30.3. The van der Waals surface area contributed by atoms with E-state index in [-0.39, 0.29) is 11.2 Å². The fraction of sp³-hybridized carbons (Fsp3) is 0.0769. The molecule has 8 aromatic carbocycles. The molecule has 0 aliphatic heterocycles. The number of fused-ring (bicyclic) bond motifs is 6. The predicted molar refractivity (Wildman–Crippen MR) is 222 cm³/mol. The van der Waals surface area contributed by atoms with Crippen molar-refractivity contribution in [2.24, 2.45) is 0 Å². The Balaban J connectivity index is 1.12. The number of aromatic nitrogens is 1. The Morgan fingerprint density at radius 2 is 0.926 bits per heavy atom. The smallest absolute Gasteiger partial charge is 0.123 e. The molecule has 0 bridgehead atoms. The van der Waals surface area contributed by atoms with Crippen LogP contribution in [0.3, 0.4) is 0 Å². The maximum absolute atomic E-state index is 13.9. The molecule has 0 saturated carbocycles. The van der Waals surface area contributed by atoms with E-state index >= 15 is 0 Å². The van der Waals surface area contributed by atoms with Crippen LogP contribution in [-0.2, 0) is 10.8 Å². The molecule has 0 unspecified atom stereocenters. The molecular formula is C52H38FN. The van der Waals surface area contributed by atoms with Gasteiger partial charge in [-0.3, -0.25) is 0 Å². The largest absolute Gasteiger partial charge is 0.309 e. The van der Waals surface area contributed by atoms with E-state index in [1.54, 1.807) is 0 Å². The molecule has 54 heavy (non-hydrogen) atoms. The molecule has 1 nitrogen and oxygen atoms in total. The zero-order valence-electron chi connectivity index (χ0n) is 30.3. The van der Waals surface area contributed by atoms with E-state index in [1.807, 2.05) is 12.1 Å². The zero-order chi connectivity index (χ0) is 36.4. The van der Waals surface area contributed by atoms with Crippen molar-refractivity contribution >= 4 is 21.8 Å². The van der Waals surface area contributed by atoms with Gasteiger partial charge >= 0.3 is 0 Å². The molecule has 0 saturated heterocycles. The molecule has 1 aliphatic carbocycles. The fourth-order valence-corrected chi connectivity index (χ4v) is 9.24. The van der Waals surface area contributed by atoms with E-state index < -0.39 is 5.41 Å². The molecular weight excluding hydrogens is 658 g/mol. The highest BCUT2D eigenvalue weighted by atomic mass is 19.1. The van der Waals surface area contributed by atoms with Crippen molar-refractivity contribution in [3.63, 3.8) is 0 Å². The van der Waals surface area contributed by atoms with Gasteiger partial charge in [0.1, 0.15) is 5.82 Å². The Bertz CT molecular complexity index is 2730. The van der Waals surface area contributed by atoms with Gasteiger partial charge in [0.05, 0.1) is 16.4 Å². The van der Waals surface area contributed by atoms with Gasteiger partial charge < -0.3 is 4.57 Å². The van der Waals surface area contributed by atoms with E-state index in [0.29, 0.717) is 0 Å². The lowest BCUT2D eigenvalue weighted by Crippen LogP contribution is -2.31. The van der Waals surface area contributed by atoms with Crippen molar-refractivity contribution in [3.8, 4) is 27.9 Å². The number of halogens is 1. The summed E-state index contributed by atoms with van der Waals surface area (Å²) in [5.41, 5.74) is 15.1. The Morgan fingerprint density at radius 3 is 1.56 bits per heavy atom. The van der Waals surface area contributed by atoms with Gasteiger partial charge in [0.15, 0.2) is 0 Å². The Labute approximate surface area is 315 Å². The monoisotopic (exact) mass is 695 g/mol. The molecule has 1 aromatic heterocycles. The topological polar surface area (TPSA) is 4.93 Å². The molecule has 1 heterocycles. The van der Waals surface area contributed by atoms with Gasteiger partial charge in [-0.25, -0.2) is 4.39 Å². The lowest BCUT2D eigenvalue weighted by atomic mass is 9.64. The Morgan fingerprint density at radius 1 is 0.426 bits per heavy atom. The van der Waals surface area contributed by atoms with Gasteiger partial charge in [-0.1, -0.05) is 159 Å². The van der Waals surface area contributed by atoms with Crippen molar-refractivity contribution in [2.75, 3.05) is 0 Å². The van der Waals surface area contributed by atoms with Gasteiger partial charge in [0, 0.05) is 21.9 Å². The molecule has 10 rings (SSSR count). The molecule has 0 spiro atoms. The van der Waals surface area contributed by atoms with E-state index in [2.05, 4.69) is 188 Å². The third-order valence-electron chi connectivity index (χ3n) is 11.8. The molecule has 0 amide bonds. The maximum atomic E-state index is 13.9. The van der Waals surface area contributed by atoms with E-state index in [1.165, 1.54) is 78.5 Å². The van der Waals surface area contributed by atoms with Crippen LogP contribution in [0.5, 0.6) is 0 Å². The SMILES string of the molecule is CC1(C)c2cc(-c3ccc4c(c3)c3ccccc3n4-c3ccc(F)cc3)ccc2-c2ccc(C(c3ccccc3)(c3ccccc3)c3ccccc3)cc21. The predicted octanol–water partition coefficient (Wildman–Crippen LogP) is 13.3. The second kappa shape index (κ2) is 12.3. The standard InChI is InChI=1S/C52H38FN/c1-51(2)47-33-36(35-23-31-50-46(32-35)45-20-12-13-21-49(45)54(50)42-27-25-41(53)26-28-42)22-29-43(47)44-30-24-40(34-48(44)51)52(37-14-6-3-7-15-37,38-16-8-4-9-17-38)39-18-10-5-11-19-39/h3-34H,1-2H3. The minimum atomic E-state index is -0.503. The summed E-state index contributed by atoms with van der Waals surface area (Å²) in [6, 6.07) is 69.1. The van der Waals surface area contributed by atoms with Gasteiger partial charge in [0.25, 0.3) is 0 Å². The molecule has 0 atom stereocenters. The molecule has 2 heteroatoms. The van der Waals surface area contributed by atoms with Crippen LogP contribution in [0.4, 0.5) is 4.39 Å². The second-order valence-corrected chi connectivity index (χ2v) is 15.1. The van der Waals surface area contributed by atoms with E-state index in [4.69, 9.17) is 0 Å². The molecule has 9 aromatic rings. The third kappa shape index (κ3) is 4.76. The number of rotatable bonds is 6. The first-order chi connectivity index (χ1) is 26.4. The van der Waals surface area contributed by atoms with Crippen LogP contribution in [0.2, 0.25) is 0 Å². The van der Waals surface area contributed by atoms with Crippen LogP contribution in [0.25, 0.3) is 49.7 Å². The van der Waals surface area contributed by atoms with Crippen LogP contribution in [0, 0.1) is 5.82 Å². The fourth-order valence-electron chi connectivity index (χ4n) is 9.24. The van der Waals surface area contributed by atoms with Crippen molar-refractivity contribution in [2.45, 2.75) is 24.7 Å². The summed E-state index contributed by atoms with van der Waals surface area (Å²) in [5.74, 6) is -0.234. The Kier molecular flexibility index (Phi) is 7.32. The first-order valence-corrected chi connectivity index (χ1v) is 18.7. The number of benzene rings is 8. The van der Waals surface area contributed by atoms with Crippen molar-refractivity contribution in [1.29, 1.82) is 0 Å². The highest BCUT2D eigenvalue weighted by Crippen LogP contribution is 2.53. The summed E-state index contributed by atoms with van der Waals surface area (Å²) in [6.07, 6.45) is 0. The highest BCUT2D eigenvalue weighted by Gasteiger charge is 2.42. The lowest BCUT2D eigenvalue weighted by molar-refractivity contribution is 0.627. The number of hydrogen-bond donors (Lipinski definition) is 0. The van der Waals surface area contributed by atoms with Crippen LogP contribution in [-0.4, -0.2) is 4.57 Å². The average Bonchev–Trinajstić information content (AvgIpc) is 3.67. The first kappa shape index (κ1) is 32.2. The summed E-state index contributed by atoms with van der Waals surface area (Å²) in [6.45, 7) is 4.75. The van der Waals surface area contributed by atoms with E-state index in [0.717, 1.165) is 16.7 Å². The second-order valence-electron chi connectivity index (χ2n) is 15.1. The van der Waals surface area contributed by atoms with Gasteiger partial charge in [-0.2, -0.15) is 0 Å². The minimum Gasteiger partial charge on any atom is -0.309 e. The third-order valence-corrected chi connectivity index (χ3v) is 11.8. The van der Waals surface area contributed by atoms with Gasteiger partial charge in [-0.05, 0) is 104 Å². The minimum absolute atomic E-state index is 0.227. The number of nitrogens with zero attached hydrogens (tertiary/aromatic N) is 1.